The predicted molar refractivity (Wildman–Crippen MR) is 68.6 cm³/mol. The fourth-order valence-corrected chi connectivity index (χ4v) is 2.52. The van der Waals surface area contributed by atoms with Crippen LogP contribution in [0.2, 0.25) is 0 Å². The molecule has 1 heterocycles. The van der Waals surface area contributed by atoms with E-state index in [2.05, 4.69) is 11.8 Å². The third-order valence-electron chi connectivity index (χ3n) is 3.45. The molecule has 16 heavy (non-hydrogen) atoms. The van der Waals surface area contributed by atoms with Crippen molar-refractivity contribution in [3.05, 3.63) is 0 Å². The van der Waals surface area contributed by atoms with Crippen molar-refractivity contribution in [2.24, 2.45) is 11.7 Å². The van der Waals surface area contributed by atoms with E-state index in [1.807, 2.05) is 0 Å². The molecule has 0 aromatic carbocycles. The normalized spacial score (nSPS) is 23.2. The molecule has 0 spiro atoms. The summed E-state index contributed by atoms with van der Waals surface area (Å²) in [5, 5.41) is 0. The molecule has 96 valence electrons. The topological polar surface area (TPSA) is 38.5 Å². The summed E-state index contributed by atoms with van der Waals surface area (Å²) in [5.74, 6) is 0.972. The zero-order valence-corrected chi connectivity index (χ0v) is 10.8. The number of ether oxygens (including phenoxy) is 1. The lowest BCUT2D eigenvalue weighted by Gasteiger charge is -2.19. The highest BCUT2D eigenvalue weighted by Crippen LogP contribution is 2.21. The molecule has 0 aromatic rings. The monoisotopic (exact) mass is 228 g/mol. The minimum Gasteiger partial charge on any atom is -0.379 e. The van der Waals surface area contributed by atoms with Gasteiger partial charge in [-0.15, -0.1) is 0 Å². The molecular formula is C13H28N2O. The van der Waals surface area contributed by atoms with Crippen molar-refractivity contribution in [1.29, 1.82) is 0 Å². The van der Waals surface area contributed by atoms with Crippen molar-refractivity contribution >= 4 is 0 Å². The van der Waals surface area contributed by atoms with Crippen LogP contribution in [0, 0.1) is 5.92 Å². The average Bonchev–Trinajstić information content (AvgIpc) is 2.51. The zero-order valence-electron chi connectivity index (χ0n) is 10.8. The van der Waals surface area contributed by atoms with Crippen LogP contribution < -0.4 is 5.73 Å². The second kappa shape index (κ2) is 8.97. The Labute approximate surface area is 100 Å². The Morgan fingerprint density at radius 3 is 2.88 bits per heavy atom. The van der Waals surface area contributed by atoms with E-state index < -0.39 is 0 Å². The van der Waals surface area contributed by atoms with Gasteiger partial charge in [-0.1, -0.05) is 19.8 Å². The molecule has 0 saturated carbocycles. The molecule has 1 fully saturated rings. The lowest BCUT2D eigenvalue weighted by molar-refractivity contribution is 0.110. The molecule has 1 aliphatic heterocycles. The Morgan fingerprint density at radius 1 is 1.25 bits per heavy atom. The number of likely N-dealkylation sites (tertiary alicyclic amines) is 1. The van der Waals surface area contributed by atoms with E-state index in [1.54, 1.807) is 0 Å². The Balaban J connectivity index is 2.10. The summed E-state index contributed by atoms with van der Waals surface area (Å²) < 4.78 is 5.43. The smallest absolute Gasteiger partial charge is 0.0594 e. The summed E-state index contributed by atoms with van der Waals surface area (Å²) in [7, 11) is 0. The fourth-order valence-electron chi connectivity index (χ4n) is 2.52. The van der Waals surface area contributed by atoms with Crippen molar-refractivity contribution in [3.63, 3.8) is 0 Å². The third-order valence-corrected chi connectivity index (χ3v) is 3.45. The van der Waals surface area contributed by atoms with Gasteiger partial charge in [0.1, 0.15) is 0 Å². The summed E-state index contributed by atoms with van der Waals surface area (Å²) in [6.45, 7) is 8.07. The lowest BCUT2D eigenvalue weighted by atomic mass is 9.96. The molecule has 3 nitrogen and oxygen atoms in total. The van der Waals surface area contributed by atoms with Crippen LogP contribution in [0.1, 0.15) is 39.0 Å². The summed E-state index contributed by atoms with van der Waals surface area (Å²) in [6.07, 6.45) is 6.92. The van der Waals surface area contributed by atoms with E-state index in [4.69, 9.17) is 10.5 Å². The Hall–Kier alpha value is -0.120. The largest absolute Gasteiger partial charge is 0.379 e. The van der Waals surface area contributed by atoms with Crippen LogP contribution in [0.4, 0.5) is 0 Å². The van der Waals surface area contributed by atoms with E-state index in [0.717, 1.165) is 19.1 Å². The molecule has 1 aliphatic rings. The van der Waals surface area contributed by atoms with Crippen LogP contribution in [0.25, 0.3) is 0 Å². The maximum Gasteiger partial charge on any atom is 0.0594 e. The van der Waals surface area contributed by atoms with Crippen LogP contribution in [0.15, 0.2) is 0 Å². The van der Waals surface area contributed by atoms with Crippen LogP contribution >= 0.6 is 0 Å². The molecule has 1 rings (SSSR count). The fraction of sp³-hybridized carbons (Fsp3) is 1.00. The van der Waals surface area contributed by atoms with Gasteiger partial charge in [0, 0.05) is 13.1 Å². The van der Waals surface area contributed by atoms with Crippen molar-refractivity contribution in [2.45, 2.75) is 39.0 Å². The van der Waals surface area contributed by atoms with Gasteiger partial charge in [-0.2, -0.15) is 0 Å². The Kier molecular flexibility index (Phi) is 7.81. The molecule has 0 aromatic heterocycles. The standard InChI is InChI=1S/C13H28N2O/c1-2-4-13-5-3-8-15(9-6-13)10-12-16-11-7-14/h13H,2-12,14H2,1H3. The Bertz CT molecular complexity index is 164. The molecule has 0 bridgehead atoms. The molecule has 0 radical (unpaired) electrons. The van der Waals surface area contributed by atoms with Crippen LogP contribution in [-0.4, -0.2) is 44.3 Å². The summed E-state index contributed by atoms with van der Waals surface area (Å²) in [4.78, 5) is 2.55. The SMILES string of the molecule is CCCC1CCCN(CCOCCN)CC1. The molecule has 1 saturated heterocycles. The average molecular weight is 228 g/mol. The first-order chi connectivity index (χ1) is 7.86. The van der Waals surface area contributed by atoms with E-state index in [0.29, 0.717) is 13.2 Å². The predicted octanol–water partition coefficient (Wildman–Crippen LogP) is 1.86. The first-order valence-electron chi connectivity index (χ1n) is 6.87. The zero-order chi connectivity index (χ0) is 11.6. The molecule has 1 atom stereocenters. The molecule has 0 aliphatic carbocycles. The quantitative estimate of drug-likeness (QED) is 0.676. The Morgan fingerprint density at radius 2 is 2.12 bits per heavy atom. The van der Waals surface area contributed by atoms with Gasteiger partial charge >= 0.3 is 0 Å². The highest BCUT2D eigenvalue weighted by atomic mass is 16.5. The van der Waals surface area contributed by atoms with Gasteiger partial charge in [0.2, 0.25) is 0 Å². The molecule has 3 heteroatoms. The van der Waals surface area contributed by atoms with Gasteiger partial charge in [0.05, 0.1) is 13.2 Å². The number of hydrogen-bond acceptors (Lipinski definition) is 3. The highest BCUT2D eigenvalue weighted by Gasteiger charge is 2.15. The van der Waals surface area contributed by atoms with E-state index in [-0.39, 0.29) is 0 Å². The third kappa shape index (κ3) is 5.83. The van der Waals surface area contributed by atoms with E-state index >= 15 is 0 Å². The number of rotatable bonds is 7. The molecule has 1 unspecified atom stereocenters. The van der Waals surface area contributed by atoms with Crippen LogP contribution in [0.3, 0.4) is 0 Å². The lowest BCUT2D eigenvalue weighted by Crippen LogP contribution is -2.29. The van der Waals surface area contributed by atoms with Gasteiger partial charge < -0.3 is 15.4 Å². The number of nitrogens with two attached hydrogens (primary N) is 1. The highest BCUT2D eigenvalue weighted by molar-refractivity contribution is 4.69. The molecular weight excluding hydrogens is 200 g/mol. The summed E-state index contributed by atoms with van der Waals surface area (Å²) in [5.41, 5.74) is 5.39. The van der Waals surface area contributed by atoms with Gasteiger partial charge in [0.25, 0.3) is 0 Å². The van der Waals surface area contributed by atoms with Gasteiger partial charge in [-0.05, 0) is 38.3 Å². The van der Waals surface area contributed by atoms with Crippen molar-refractivity contribution in [3.8, 4) is 0 Å². The van der Waals surface area contributed by atoms with Gasteiger partial charge in [-0.25, -0.2) is 0 Å². The van der Waals surface area contributed by atoms with Crippen LogP contribution in [-0.2, 0) is 4.74 Å². The minimum atomic E-state index is 0.637. The maximum absolute atomic E-state index is 5.43. The molecule has 0 amide bonds. The maximum atomic E-state index is 5.43. The number of nitrogens with zero attached hydrogens (tertiary/aromatic N) is 1. The van der Waals surface area contributed by atoms with Crippen molar-refractivity contribution in [1.82, 2.24) is 4.90 Å². The van der Waals surface area contributed by atoms with Gasteiger partial charge in [0.15, 0.2) is 0 Å². The van der Waals surface area contributed by atoms with Crippen molar-refractivity contribution < 1.29 is 4.74 Å². The summed E-state index contributed by atoms with van der Waals surface area (Å²) >= 11 is 0. The van der Waals surface area contributed by atoms with Crippen molar-refractivity contribution in [2.75, 3.05) is 39.4 Å². The minimum absolute atomic E-state index is 0.637. The second-order valence-corrected chi connectivity index (χ2v) is 4.83. The van der Waals surface area contributed by atoms with Gasteiger partial charge in [-0.3, -0.25) is 0 Å². The van der Waals surface area contributed by atoms with Crippen LogP contribution in [0.5, 0.6) is 0 Å². The summed E-state index contributed by atoms with van der Waals surface area (Å²) in [6, 6.07) is 0. The van der Waals surface area contributed by atoms with E-state index in [9.17, 15) is 0 Å². The van der Waals surface area contributed by atoms with E-state index in [1.165, 1.54) is 45.2 Å². The second-order valence-electron chi connectivity index (χ2n) is 4.83. The first kappa shape index (κ1) is 13.9. The number of hydrogen-bond donors (Lipinski definition) is 1. The molecule has 2 N–H and O–H groups in total. The first-order valence-corrected chi connectivity index (χ1v) is 6.87.